The van der Waals surface area contributed by atoms with Crippen LogP contribution >= 0.6 is 0 Å². The molecule has 0 saturated heterocycles. The van der Waals surface area contributed by atoms with Crippen LogP contribution in [0.4, 0.5) is 0 Å². The van der Waals surface area contributed by atoms with E-state index >= 15 is 0 Å². The van der Waals surface area contributed by atoms with Gasteiger partial charge in [0.25, 0.3) is 0 Å². The summed E-state index contributed by atoms with van der Waals surface area (Å²) in [5.74, 6) is 3.18. The van der Waals surface area contributed by atoms with Crippen LogP contribution in [0.25, 0.3) is 0 Å². The van der Waals surface area contributed by atoms with Gasteiger partial charge in [-0.1, -0.05) is 19.6 Å². The third kappa shape index (κ3) is 5.87. The summed E-state index contributed by atoms with van der Waals surface area (Å²) >= 11 is 0. The van der Waals surface area contributed by atoms with E-state index in [2.05, 4.69) is 31.1 Å². The fraction of sp³-hybridized carbons (Fsp3) is 0.750. The van der Waals surface area contributed by atoms with Crippen molar-refractivity contribution >= 4 is 8.07 Å². The lowest BCUT2D eigenvalue weighted by molar-refractivity contribution is 0.266. The van der Waals surface area contributed by atoms with E-state index in [9.17, 15) is 0 Å². The van der Waals surface area contributed by atoms with E-state index in [-0.39, 0.29) is 12.5 Å². The van der Waals surface area contributed by atoms with Crippen LogP contribution < -0.4 is 0 Å². The highest BCUT2D eigenvalue weighted by molar-refractivity contribution is 6.83. The SMILES string of the molecule is CC(C#C[Si](C)(C)C)CO. The molecule has 1 atom stereocenters. The Balaban J connectivity index is 3.91. The van der Waals surface area contributed by atoms with Crippen LogP contribution in [0.2, 0.25) is 19.6 Å². The number of rotatable bonds is 1. The second-order valence-electron chi connectivity index (χ2n) is 3.60. The molecule has 0 heterocycles. The zero-order valence-electron chi connectivity index (χ0n) is 7.23. The Labute approximate surface area is 64.5 Å². The lowest BCUT2D eigenvalue weighted by atomic mass is 10.2. The first kappa shape index (κ1) is 9.74. The molecule has 0 bridgehead atoms. The molecule has 58 valence electrons. The zero-order chi connectivity index (χ0) is 8.20. The van der Waals surface area contributed by atoms with Crippen LogP contribution in [-0.4, -0.2) is 19.8 Å². The second-order valence-corrected chi connectivity index (χ2v) is 8.35. The van der Waals surface area contributed by atoms with Gasteiger partial charge in [0.1, 0.15) is 8.07 Å². The van der Waals surface area contributed by atoms with E-state index in [1.807, 2.05) is 6.92 Å². The van der Waals surface area contributed by atoms with E-state index in [4.69, 9.17) is 5.11 Å². The van der Waals surface area contributed by atoms with Crippen molar-refractivity contribution < 1.29 is 5.11 Å². The van der Waals surface area contributed by atoms with Crippen LogP contribution in [0.15, 0.2) is 0 Å². The number of aliphatic hydroxyl groups is 1. The fourth-order valence-corrected chi connectivity index (χ4v) is 1.06. The van der Waals surface area contributed by atoms with Gasteiger partial charge in [-0.05, 0) is 6.92 Å². The molecular weight excluding hydrogens is 140 g/mol. The van der Waals surface area contributed by atoms with E-state index in [0.717, 1.165) is 0 Å². The first-order valence-corrected chi connectivity index (χ1v) is 7.09. The van der Waals surface area contributed by atoms with Gasteiger partial charge in [0.2, 0.25) is 0 Å². The molecule has 0 spiro atoms. The molecule has 1 unspecified atom stereocenters. The number of aliphatic hydroxyl groups excluding tert-OH is 1. The van der Waals surface area contributed by atoms with Crippen molar-refractivity contribution in [2.45, 2.75) is 26.6 Å². The highest BCUT2D eigenvalue weighted by Crippen LogP contribution is 1.98. The van der Waals surface area contributed by atoms with Gasteiger partial charge in [0, 0.05) is 5.92 Å². The molecule has 2 heteroatoms. The first-order valence-electron chi connectivity index (χ1n) is 3.59. The highest BCUT2D eigenvalue weighted by Gasteiger charge is 2.07. The second kappa shape index (κ2) is 3.80. The third-order valence-electron chi connectivity index (χ3n) is 0.967. The predicted octanol–water partition coefficient (Wildman–Crippen LogP) is 1.50. The van der Waals surface area contributed by atoms with Crippen molar-refractivity contribution in [3.8, 4) is 11.5 Å². The molecule has 0 aliphatic rings. The van der Waals surface area contributed by atoms with E-state index in [1.165, 1.54) is 0 Å². The molecular formula is C8H16OSi. The summed E-state index contributed by atoms with van der Waals surface area (Å²) in [7, 11) is -1.21. The van der Waals surface area contributed by atoms with Crippen LogP contribution in [0, 0.1) is 17.4 Å². The van der Waals surface area contributed by atoms with Crippen LogP contribution in [0.3, 0.4) is 0 Å². The number of hydrogen-bond donors (Lipinski definition) is 1. The van der Waals surface area contributed by atoms with Crippen molar-refractivity contribution in [3.05, 3.63) is 0 Å². The Morgan fingerprint density at radius 2 is 1.90 bits per heavy atom. The fourth-order valence-electron chi connectivity index (χ4n) is 0.385. The topological polar surface area (TPSA) is 20.2 Å². The molecule has 1 nitrogen and oxygen atoms in total. The normalized spacial score (nSPS) is 13.7. The molecule has 0 radical (unpaired) electrons. The van der Waals surface area contributed by atoms with Gasteiger partial charge in [0.05, 0.1) is 6.61 Å². The van der Waals surface area contributed by atoms with E-state index in [0.29, 0.717) is 0 Å². The van der Waals surface area contributed by atoms with Crippen molar-refractivity contribution in [2.24, 2.45) is 5.92 Å². The molecule has 10 heavy (non-hydrogen) atoms. The maximum atomic E-state index is 8.64. The average Bonchev–Trinajstić information content (AvgIpc) is 1.81. The van der Waals surface area contributed by atoms with Gasteiger partial charge in [-0.2, -0.15) is 0 Å². The summed E-state index contributed by atoms with van der Waals surface area (Å²) < 4.78 is 0. The molecule has 0 aliphatic heterocycles. The lowest BCUT2D eigenvalue weighted by Gasteiger charge is -2.04. The summed E-state index contributed by atoms with van der Waals surface area (Å²) in [6, 6.07) is 0. The van der Waals surface area contributed by atoms with E-state index in [1.54, 1.807) is 0 Å². The standard InChI is InChI=1S/C8H16OSi/c1-8(7-9)5-6-10(2,3)4/h8-9H,7H2,1-4H3. The minimum absolute atomic E-state index is 0.145. The zero-order valence-corrected chi connectivity index (χ0v) is 8.23. The Morgan fingerprint density at radius 1 is 1.40 bits per heavy atom. The Hall–Kier alpha value is -0.263. The molecule has 1 N–H and O–H groups in total. The maximum Gasteiger partial charge on any atom is 0.129 e. The van der Waals surface area contributed by atoms with Gasteiger partial charge in [0.15, 0.2) is 0 Å². The summed E-state index contributed by atoms with van der Waals surface area (Å²) in [6.45, 7) is 8.71. The maximum absolute atomic E-state index is 8.64. The quantitative estimate of drug-likeness (QED) is 0.450. The van der Waals surface area contributed by atoms with Crippen LogP contribution in [0.5, 0.6) is 0 Å². The molecule has 0 aromatic rings. The lowest BCUT2D eigenvalue weighted by Crippen LogP contribution is -2.17. The molecule has 0 saturated carbocycles. The van der Waals surface area contributed by atoms with Gasteiger partial charge < -0.3 is 5.11 Å². The summed E-state index contributed by atoms with van der Waals surface area (Å²) in [5.41, 5.74) is 3.20. The third-order valence-corrected chi connectivity index (χ3v) is 1.86. The Bertz CT molecular complexity index is 147. The average molecular weight is 156 g/mol. The van der Waals surface area contributed by atoms with E-state index < -0.39 is 8.07 Å². The van der Waals surface area contributed by atoms with Gasteiger partial charge in [-0.25, -0.2) is 0 Å². The van der Waals surface area contributed by atoms with Crippen LogP contribution in [0.1, 0.15) is 6.92 Å². The summed E-state index contributed by atoms with van der Waals surface area (Å²) in [4.78, 5) is 0. The minimum atomic E-state index is -1.21. The molecule has 0 aromatic carbocycles. The Morgan fingerprint density at radius 3 is 2.20 bits per heavy atom. The number of hydrogen-bond acceptors (Lipinski definition) is 1. The van der Waals surface area contributed by atoms with Gasteiger partial charge >= 0.3 is 0 Å². The van der Waals surface area contributed by atoms with Gasteiger partial charge in [-0.15, -0.1) is 11.5 Å². The summed E-state index contributed by atoms with van der Waals surface area (Å²) in [6.07, 6.45) is 0. The minimum Gasteiger partial charge on any atom is -0.395 e. The molecule has 0 aliphatic carbocycles. The van der Waals surface area contributed by atoms with Crippen LogP contribution in [-0.2, 0) is 0 Å². The highest BCUT2D eigenvalue weighted by atomic mass is 28.3. The first-order chi connectivity index (χ1) is 4.45. The molecule has 0 amide bonds. The van der Waals surface area contributed by atoms with Gasteiger partial charge in [-0.3, -0.25) is 0 Å². The monoisotopic (exact) mass is 156 g/mol. The van der Waals surface area contributed by atoms with Crippen molar-refractivity contribution in [2.75, 3.05) is 6.61 Å². The Kier molecular flexibility index (Phi) is 3.70. The molecule has 0 aromatic heterocycles. The summed E-state index contributed by atoms with van der Waals surface area (Å²) in [5, 5.41) is 8.64. The molecule has 0 fully saturated rings. The predicted molar refractivity (Wildman–Crippen MR) is 47.4 cm³/mol. The van der Waals surface area contributed by atoms with Crippen molar-refractivity contribution in [1.29, 1.82) is 0 Å². The molecule has 0 rings (SSSR count). The van der Waals surface area contributed by atoms with Crippen molar-refractivity contribution in [1.82, 2.24) is 0 Å². The smallest absolute Gasteiger partial charge is 0.129 e. The van der Waals surface area contributed by atoms with Crippen molar-refractivity contribution in [3.63, 3.8) is 0 Å². The largest absolute Gasteiger partial charge is 0.395 e.